The smallest absolute Gasteiger partial charge is 0.123 e. The van der Waals surface area contributed by atoms with Crippen molar-refractivity contribution in [2.24, 2.45) is 5.10 Å². The summed E-state index contributed by atoms with van der Waals surface area (Å²) in [6.07, 6.45) is 1.74. The molecule has 0 aliphatic carbocycles. The van der Waals surface area contributed by atoms with Crippen LogP contribution >= 0.6 is 0 Å². The number of halogens is 1. The zero-order chi connectivity index (χ0) is 10.5. The molecule has 0 N–H and O–H groups in total. The average molecular weight is 208 g/mol. The van der Waals surface area contributed by atoms with Crippen LogP contribution in [0, 0.1) is 5.82 Å². The Bertz CT molecular complexity index is 331. The van der Waals surface area contributed by atoms with E-state index in [1.165, 1.54) is 12.1 Å². The fourth-order valence-corrected chi connectivity index (χ4v) is 1.37. The zero-order valence-electron chi connectivity index (χ0n) is 8.40. The Balaban J connectivity index is 1.95. The Labute approximate surface area is 88.2 Å². The van der Waals surface area contributed by atoms with Crippen molar-refractivity contribution in [3.63, 3.8) is 0 Å². The molecule has 1 fully saturated rings. The van der Waals surface area contributed by atoms with Gasteiger partial charge in [0, 0.05) is 0 Å². The molecule has 1 aromatic rings. The molecule has 0 spiro atoms. The number of hydrazone groups is 1. The first kappa shape index (κ1) is 10.1. The lowest BCUT2D eigenvalue weighted by atomic mass is 10.2. The number of ether oxygens (including phenoxy) is 1. The maximum atomic E-state index is 12.6. The number of morpholine rings is 1. The van der Waals surface area contributed by atoms with Gasteiger partial charge in [-0.15, -0.1) is 0 Å². The molecule has 1 saturated heterocycles. The van der Waals surface area contributed by atoms with E-state index in [-0.39, 0.29) is 5.82 Å². The minimum atomic E-state index is -0.224. The maximum absolute atomic E-state index is 12.6. The minimum absolute atomic E-state index is 0.224. The highest BCUT2D eigenvalue weighted by molar-refractivity contribution is 5.79. The predicted octanol–water partition coefficient (Wildman–Crippen LogP) is 1.49. The first-order chi connectivity index (χ1) is 7.34. The van der Waals surface area contributed by atoms with E-state index in [9.17, 15) is 4.39 Å². The summed E-state index contributed by atoms with van der Waals surface area (Å²) < 4.78 is 17.8. The van der Waals surface area contributed by atoms with E-state index in [0.29, 0.717) is 0 Å². The van der Waals surface area contributed by atoms with Crippen molar-refractivity contribution in [2.75, 3.05) is 26.3 Å². The predicted molar refractivity (Wildman–Crippen MR) is 56.4 cm³/mol. The molecule has 0 atom stereocenters. The van der Waals surface area contributed by atoms with Crippen molar-refractivity contribution in [1.29, 1.82) is 0 Å². The number of hydrogen-bond donors (Lipinski definition) is 0. The zero-order valence-corrected chi connectivity index (χ0v) is 8.40. The summed E-state index contributed by atoms with van der Waals surface area (Å²) in [6.45, 7) is 3.08. The van der Waals surface area contributed by atoms with Gasteiger partial charge in [0.05, 0.1) is 32.5 Å². The summed E-state index contributed by atoms with van der Waals surface area (Å²) in [6, 6.07) is 6.28. The highest BCUT2D eigenvalue weighted by Crippen LogP contribution is 2.01. The van der Waals surface area contributed by atoms with Gasteiger partial charge in [-0.2, -0.15) is 5.10 Å². The van der Waals surface area contributed by atoms with Crippen LogP contribution in [0.25, 0.3) is 0 Å². The summed E-state index contributed by atoms with van der Waals surface area (Å²) >= 11 is 0. The van der Waals surface area contributed by atoms with Gasteiger partial charge >= 0.3 is 0 Å². The van der Waals surface area contributed by atoms with Gasteiger partial charge in [0.15, 0.2) is 0 Å². The quantitative estimate of drug-likeness (QED) is 0.688. The Morgan fingerprint density at radius 3 is 2.53 bits per heavy atom. The lowest BCUT2D eigenvalue weighted by molar-refractivity contribution is 0.0397. The number of hydrogen-bond acceptors (Lipinski definition) is 3. The average Bonchev–Trinajstić information content (AvgIpc) is 2.30. The first-order valence-corrected chi connectivity index (χ1v) is 4.97. The normalized spacial score (nSPS) is 17.3. The molecular weight excluding hydrogens is 195 g/mol. The van der Waals surface area contributed by atoms with Crippen LogP contribution in [0.2, 0.25) is 0 Å². The van der Waals surface area contributed by atoms with E-state index in [2.05, 4.69) is 5.10 Å². The van der Waals surface area contributed by atoms with Gasteiger partial charge < -0.3 is 4.74 Å². The van der Waals surface area contributed by atoms with Crippen molar-refractivity contribution in [1.82, 2.24) is 5.01 Å². The molecule has 1 aliphatic heterocycles. The molecule has 1 heterocycles. The van der Waals surface area contributed by atoms with Crippen molar-refractivity contribution in [3.05, 3.63) is 35.6 Å². The second-order valence-corrected chi connectivity index (χ2v) is 3.36. The molecule has 80 valence electrons. The fraction of sp³-hybridized carbons (Fsp3) is 0.364. The number of benzene rings is 1. The molecule has 0 aromatic heterocycles. The molecule has 0 unspecified atom stereocenters. The SMILES string of the molecule is Fc1ccc(/C=N/N2CCOCC2)cc1. The van der Waals surface area contributed by atoms with Gasteiger partial charge in [-0.25, -0.2) is 4.39 Å². The van der Waals surface area contributed by atoms with Crippen LogP contribution in [-0.2, 0) is 4.74 Å². The molecule has 15 heavy (non-hydrogen) atoms. The largest absolute Gasteiger partial charge is 0.378 e. The van der Waals surface area contributed by atoms with Crippen LogP contribution in [0.3, 0.4) is 0 Å². The Hall–Kier alpha value is -1.42. The van der Waals surface area contributed by atoms with E-state index in [4.69, 9.17) is 4.74 Å². The molecule has 0 amide bonds. The van der Waals surface area contributed by atoms with E-state index in [0.717, 1.165) is 31.9 Å². The van der Waals surface area contributed by atoms with Crippen LogP contribution in [0.4, 0.5) is 4.39 Å². The van der Waals surface area contributed by atoms with E-state index in [1.54, 1.807) is 18.3 Å². The van der Waals surface area contributed by atoms with E-state index in [1.807, 2.05) is 5.01 Å². The molecule has 3 nitrogen and oxygen atoms in total. The highest BCUT2D eigenvalue weighted by atomic mass is 19.1. The number of rotatable bonds is 2. The molecular formula is C11H13FN2O. The fourth-order valence-electron chi connectivity index (χ4n) is 1.37. The molecule has 0 radical (unpaired) electrons. The summed E-state index contributed by atoms with van der Waals surface area (Å²) in [7, 11) is 0. The first-order valence-electron chi connectivity index (χ1n) is 4.97. The molecule has 0 saturated carbocycles. The molecule has 1 aromatic carbocycles. The molecule has 0 bridgehead atoms. The van der Waals surface area contributed by atoms with Crippen molar-refractivity contribution < 1.29 is 9.13 Å². The van der Waals surface area contributed by atoms with Crippen LogP contribution in [0.5, 0.6) is 0 Å². The van der Waals surface area contributed by atoms with E-state index < -0.39 is 0 Å². The molecule has 1 aliphatic rings. The van der Waals surface area contributed by atoms with Gasteiger partial charge in [-0.05, 0) is 17.7 Å². The second-order valence-electron chi connectivity index (χ2n) is 3.36. The van der Waals surface area contributed by atoms with Gasteiger partial charge in [-0.1, -0.05) is 12.1 Å². The minimum Gasteiger partial charge on any atom is -0.378 e. The standard InChI is InChI=1S/C11H13FN2O/c12-11-3-1-10(2-4-11)9-13-14-5-7-15-8-6-14/h1-4,9H,5-8H2/b13-9+. The van der Waals surface area contributed by atoms with Crippen LogP contribution in [0.15, 0.2) is 29.4 Å². The Kier molecular flexibility index (Phi) is 3.29. The van der Waals surface area contributed by atoms with Crippen LogP contribution in [-0.4, -0.2) is 37.5 Å². The van der Waals surface area contributed by atoms with Crippen LogP contribution < -0.4 is 0 Å². The topological polar surface area (TPSA) is 24.8 Å². The third-order valence-corrected chi connectivity index (χ3v) is 2.23. The van der Waals surface area contributed by atoms with E-state index >= 15 is 0 Å². The monoisotopic (exact) mass is 208 g/mol. The lowest BCUT2D eigenvalue weighted by Crippen LogP contribution is -2.32. The van der Waals surface area contributed by atoms with Crippen molar-refractivity contribution in [2.45, 2.75) is 0 Å². The third kappa shape index (κ3) is 3.02. The Morgan fingerprint density at radius 2 is 1.87 bits per heavy atom. The van der Waals surface area contributed by atoms with Gasteiger partial charge in [0.25, 0.3) is 0 Å². The molecule has 2 rings (SSSR count). The highest BCUT2D eigenvalue weighted by Gasteiger charge is 2.05. The summed E-state index contributed by atoms with van der Waals surface area (Å²) in [4.78, 5) is 0. The third-order valence-electron chi connectivity index (χ3n) is 2.23. The van der Waals surface area contributed by atoms with Crippen LogP contribution in [0.1, 0.15) is 5.56 Å². The maximum Gasteiger partial charge on any atom is 0.123 e. The second kappa shape index (κ2) is 4.89. The Morgan fingerprint density at radius 1 is 1.20 bits per heavy atom. The summed E-state index contributed by atoms with van der Waals surface area (Å²) in [5.74, 6) is -0.224. The molecule has 4 heteroatoms. The van der Waals surface area contributed by atoms with Gasteiger partial charge in [0.2, 0.25) is 0 Å². The van der Waals surface area contributed by atoms with Gasteiger partial charge in [0.1, 0.15) is 5.82 Å². The number of nitrogens with zero attached hydrogens (tertiary/aromatic N) is 2. The summed E-state index contributed by atoms with van der Waals surface area (Å²) in [5, 5.41) is 6.24. The summed E-state index contributed by atoms with van der Waals surface area (Å²) in [5.41, 5.74) is 0.905. The lowest BCUT2D eigenvalue weighted by Gasteiger charge is -2.23. The van der Waals surface area contributed by atoms with Crippen molar-refractivity contribution in [3.8, 4) is 0 Å². The van der Waals surface area contributed by atoms with Crippen molar-refractivity contribution >= 4 is 6.21 Å². The van der Waals surface area contributed by atoms with Gasteiger partial charge in [-0.3, -0.25) is 5.01 Å².